The first-order valence-electron chi connectivity index (χ1n) is 5.43. The molecule has 0 heterocycles. The molecule has 2 aromatic rings. The zero-order valence-corrected chi connectivity index (χ0v) is 10.6. The summed E-state index contributed by atoms with van der Waals surface area (Å²) in [4.78, 5) is 0. The van der Waals surface area contributed by atoms with Gasteiger partial charge in [0.05, 0.1) is 22.0 Å². The molecular formula is C14H12ClN3. The number of halogens is 1. The molecule has 0 aliphatic heterocycles. The van der Waals surface area contributed by atoms with E-state index in [4.69, 9.17) is 22.6 Å². The molecule has 0 unspecified atom stereocenters. The third-order valence-electron chi connectivity index (χ3n) is 2.66. The van der Waals surface area contributed by atoms with Crippen molar-refractivity contribution in [2.45, 2.75) is 6.92 Å². The van der Waals surface area contributed by atoms with Gasteiger partial charge in [0.2, 0.25) is 0 Å². The number of benzene rings is 2. The molecule has 0 aliphatic rings. The monoisotopic (exact) mass is 257 g/mol. The number of nitriles is 1. The number of nitrogens with two attached hydrogens (primary N) is 1. The van der Waals surface area contributed by atoms with Crippen LogP contribution in [0.5, 0.6) is 0 Å². The Morgan fingerprint density at radius 1 is 1.22 bits per heavy atom. The zero-order chi connectivity index (χ0) is 13.1. The second-order valence-corrected chi connectivity index (χ2v) is 4.38. The Hall–Kier alpha value is -2.18. The summed E-state index contributed by atoms with van der Waals surface area (Å²) in [5, 5.41) is 12.7. The fourth-order valence-electron chi connectivity index (χ4n) is 1.67. The van der Waals surface area contributed by atoms with Gasteiger partial charge in [-0.3, -0.25) is 0 Å². The van der Waals surface area contributed by atoms with E-state index < -0.39 is 0 Å². The van der Waals surface area contributed by atoms with E-state index in [0.717, 1.165) is 16.9 Å². The summed E-state index contributed by atoms with van der Waals surface area (Å²) in [5.41, 5.74) is 9.44. The van der Waals surface area contributed by atoms with Gasteiger partial charge in [-0.1, -0.05) is 23.7 Å². The maximum atomic E-state index is 9.03. The van der Waals surface area contributed by atoms with Crippen molar-refractivity contribution in [1.29, 1.82) is 5.26 Å². The topological polar surface area (TPSA) is 61.8 Å². The van der Waals surface area contributed by atoms with Crippen LogP contribution in [-0.4, -0.2) is 0 Å². The summed E-state index contributed by atoms with van der Waals surface area (Å²) in [6, 6.07) is 13.0. The quantitative estimate of drug-likeness (QED) is 0.804. The van der Waals surface area contributed by atoms with Crippen LogP contribution in [0.2, 0.25) is 5.02 Å². The summed E-state index contributed by atoms with van der Waals surface area (Å²) in [6.45, 7) is 1.93. The van der Waals surface area contributed by atoms with Crippen LogP contribution in [0.15, 0.2) is 36.4 Å². The number of anilines is 3. The van der Waals surface area contributed by atoms with Gasteiger partial charge >= 0.3 is 0 Å². The number of rotatable bonds is 2. The van der Waals surface area contributed by atoms with Crippen LogP contribution in [-0.2, 0) is 0 Å². The highest BCUT2D eigenvalue weighted by Gasteiger charge is 2.06. The van der Waals surface area contributed by atoms with Crippen LogP contribution < -0.4 is 11.1 Å². The SMILES string of the molecule is Cc1cc(N)c(Cl)cc1Nc1ccccc1C#N. The molecule has 0 spiro atoms. The molecule has 0 aromatic heterocycles. The molecule has 3 nitrogen and oxygen atoms in total. The largest absolute Gasteiger partial charge is 0.398 e. The Labute approximate surface area is 111 Å². The summed E-state index contributed by atoms with van der Waals surface area (Å²) < 4.78 is 0. The maximum Gasteiger partial charge on any atom is 0.101 e. The summed E-state index contributed by atoms with van der Waals surface area (Å²) in [7, 11) is 0. The van der Waals surface area contributed by atoms with Crippen molar-refractivity contribution < 1.29 is 0 Å². The predicted octanol–water partition coefficient (Wildman–Crippen LogP) is 3.85. The lowest BCUT2D eigenvalue weighted by atomic mass is 10.1. The number of nitrogens with zero attached hydrogens (tertiary/aromatic N) is 1. The minimum atomic E-state index is 0.498. The normalized spacial score (nSPS) is 9.83. The average molecular weight is 258 g/mol. The van der Waals surface area contributed by atoms with E-state index in [9.17, 15) is 0 Å². The van der Waals surface area contributed by atoms with Crippen molar-refractivity contribution in [3.63, 3.8) is 0 Å². The molecule has 2 rings (SSSR count). The van der Waals surface area contributed by atoms with Gasteiger partial charge in [-0.25, -0.2) is 0 Å². The molecule has 0 radical (unpaired) electrons. The van der Waals surface area contributed by atoms with Gasteiger partial charge in [-0.15, -0.1) is 0 Å². The predicted molar refractivity (Wildman–Crippen MR) is 75.0 cm³/mol. The van der Waals surface area contributed by atoms with Crippen LogP contribution >= 0.6 is 11.6 Å². The molecule has 4 heteroatoms. The number of hydrogen-bond donors (Lipinski definition) is 2. The van der Waals surface area contributed by atoms with Crippen molar-refractivity contribution >= 4 is 28.7 Å². The van der Waals surface area contributed by atoms with E-state index in [1.807, 2.05) is 25.1 Å². The molecule has 0 bridgehead atoms. The Morgan fingerprint density at radius 3 is 2.67 bits per heavy atom. The fraction of sp³-hybridized carbons (Fsp3) is 0.0714. The average Bonchev–Trinajstić information content (AvgIpc) is 2.36. The molecule has 3 N–H and O–H groups in total. The molecule has 0 saturated heterocycles. The smallest absolute Gasteiger partial charge is 0.101 e. The molecule has 90 valence electrons. The lowest BCUT2D eigenvalue weighted by molar-refractivity contribution is 1.41. The second kappa shape index (κ2) is 4.99. The second-order valence-electron chi connectivity index (χ2n) is 3.97. The molecule has 0 fully saturated rings. The van der Waals surface area contributed by atoms with Gasteiger partial charge in [0.1, 0.15) is 6.07 Å². The van der Waals surface area contributed by atoms with Crippen LogP contribution in [0, 0.1) is 18.3 Å². The van der Waals surface area contributed by atoms with Crippen molar-refractivity contribution in [1.82, 2.24) is 0 Å². The minimum Gasteiger partial charge on any atom is -0.398 e. The third-order valence-corrected chi connectivity index (χ3v) is 2.99. The van der Waals surface area contributed by atoms with Crippen molar-refractivity contribution in [3.05, 3.63) is 52.5 Å². The van der Waals surface area contributed by atoms with Crippen LogP contribution in [0.3, 0.4) is 0 Å². The van der Waals surface area contributed by atoms with E-state index >= 15 is 0 Å². The first kappa shape index (κ1) is 12.3. The third kappa shape index (κ3) is 2.39. The van der Waals surface area contributed by atoms with Crippen LogP contribution in [0.1, 0.15) is 11.1 Å². The highest BCUT2D eigenvalue weighted by Crippen LogP contribution is 2.29. The van der Waals surface area contributed by atoms with E-state index in [2.05, 4.69) is 11.4 Å². The number of nitrogen functional groups attached to an aromatic ring is 1. The first-order chi connectivity index (χ1) is 8.61. The molecule has 2 aromatic carbocycles. The summed E-state index contributed by atoms with van der Waals surface area (Å²) in [6.07, 6.45) is 0. The van der Waals surface area contributed by atoms with Gasteiger partial charge in [-0.2, -0.15) is 5.26 Å². The molecule has 0 amide bonds. The summed E-state index contributed by atoms with van der Waals surface area (Å²) >= 11 is 6.00. The van der Waals surface area contributed by atoms with Crippen LogP contribution in [0.4, 0.5) is 17.1 Å². The number of nitrogens with one attached hydrogen (secondary N) is 1. The maximum absolute atomic E-state index is 9.03. The van der Waals surface area contributed by atoms with Gasteiger partial charge in [0.15, 0.2) is 0 Å². The van der Waals surface area contributed by atoms with E-state index in [1.165, 1.54) is 0 Å². The van der Waals surface area contributed by atoms with E-state index in [1.54, 1.807) is 18.2 Å². The zero-order valence-electron chi connectivity index (χ0n) is 9.87. The van der Waals surface area contributed by atoms with Gasteiger partial charge in [-0.05, 0) is 36.8 Å². The van der Waals surface area contributed by atoms with Gasteiger partial charge < -0.3 is 11.1 Å². The fourth-order valence-corrected chi connectivity index (χ4v) is 1.84. The molecule has 18 heavy (non-hydrogen) atoms. The lowest BCUT2D eigenvalue weighted by Gasteiger charge is -2.12. The van der Waals surface area contributed by atoms with E-state index in [-0.39, 0.29) is 0 Å². The van der Waals surface area contributed by atoms with Crippen molar-refractivity contribution in [2.24, 2.45) is 0 Å². The van der Waals surface area contributed by atoms with Crippen molar-refractivity contribution in [2.75, 3.05) is 11.1 Å². The Morgan fingerprint density at radius 2 is 1.94 bits per heavy atom. The number of hydrogen-bond acceptors (Lipinski definition) is 3. The first-order valence-corrected chi connectivity index (χ1v) is 5.81. The lowest BCUT2D eigenvalue weighted by Crippen LogP contribution is -1.97. The van der Waals surface area contributed by atoms with Gasteiger partial charge in [0, 0.05) is 5.69 Å². The Balaban J connectivity index is 2.41. The Bertz CT molecular complexity index is 629. The van der Waals surface area contributed by atoms with E-state index in [0.29, 0.717) is 16.3 Å². The molecule has 0 aliphatic carbocycles. The standard InChI is InChI=1S/C14H12ClN3/c1-9-6-12(17)11(15)7-14(9)18-13-5-3-2-4-10(13)8-16/h2-7,18H,17H2,1H3. The highest BCUT2D eigenvalue weighted by molar-refractivity contribution is 6.33. The summed E-state index contributed by atoms with van der Waals surface area (Å²) in [5.74, 6) is 0. The number of para-hydroxylation sites is 1. The Kier molecular flexibility index (Phi) is 3.40. The molecular weight excluding hydrogens is 246 g/mol. The van der Waals surface area contributed by atoms with Crippen LogP contribution in [0.25, 0.3) is 0 Å². The molecule has 0 atom stereocenters. The highest BCUT2D eigenvalue weighted by atomic mass is 35.5. The minimum absolute atomic E-state index is 0.498. The van der Waals surface area contributed by atoms with Crippen molar-refractivity contribution in [3.8, 4) is 6.07 Å². The number of aryl methyl sites for hydroxylation is 1. The molecule has 0 saturated carbocycles. The van der Waals surface area contributed by atoms with Gasteiger partial charge in [0.25, 0.3) is 0 Å².